The second kappa shape index (κ2) is 6.15. The number of nitro benzene ring substituents is 1. The molecule has 4 nitrogen and oxygen atoms in total. The van der Waals surface area contributed by atoms with Crippen molar-refractivity contribution in [1.29, 1.82) is 0 Å². The first-order valence-electron chi connectivity index (χ1n) is 7.09. The monoisotopic (exact) mass is 262 g/mol. The molecular formula is C15H22N2O2. The van der Waals surface area contributed by atoms with Crippen molar-refractivity contribution in [1.82, 2.24) is 5.32 Å². The minimum atomic E-state index is -0.324. The summed E-state index contributed by atoms with van der Waals surface area (Å²) >= 11 is 0. The molecule has 1 saturated carbocycles. The highest BCUT2D eigenvalue weighted by Gasteiger charge is 2.32. The van der Waals surface area contributed by atoms with Crippen LogP contribution in [0.2, 0.25) is 0 Å². The van der Waals surface area contributed by atoms with Gasteiger partial charge >= 0.3 is 0 Å². The number of nitrogens with zero attached hydrogens (tertiary/aromatic N) is 1. The molecule has 0 saturated heterocycles. The van der Waals surface area contributed by atoms with Crippen LogP contribution in [0.15, 0.2) is 24.3 Å². The fraction of sp³-hybridized carbons (Fsp3) is 0.600. The standard InChI is InChI=1S/C15H22N2O2/c1-3-5-15(16-10-13-8-11(13)2)12-6-4-7-14(9-12)17(18)19/h4,6-7,9,11,13,15-16H,3,5,8,10H2,1-2H3. The first-order valence-corrected chi connectivity index (χ1v) is 7.09. The molecule has 1 fully saturated rings. The van der Waals surface area contributed by atoms with Crippen molar-refractivity contribution in [3.63, 3.8) is 0 Å². The third-order valence-electron chi connectivity index (χ3n) is 3.96. The van der Waals surface area contributed by atoms with Gasteiger partial charge in [0.1, 0.15) is 0 Å². The summed E-state index contributed by atoms with van der Waals surface area (Å²) in [5, 5.41) is 14.4. The Hall–Kier alpha value is -1.42. The molecule has 1 aliphatic carbocycles. The van der Waals surface area contributed by atoms with Gasteiger partial charge in [0.2, 0.25) is 0 Å². The third-order valence-corrected chi connectivity index (χ3v) is 3.96. The highest BCUT2D eigenvalue weighted by molar-refractivity contribution is 5.35. The van der Waals surface area contributed by atoms with Gasteiger partial charge in [-0.05, 0) is 36.8 Å². The molecule has 0 heterocycles. The summed E-state index contributed by atoms with van der Waals surface area (Å²) in [7, 11) is 0. The summed E-state index contributed by atoms with van der Waals surface area (Å²) in [6.07, 6.45) is 3.39. The first kappa shape index (κ1) is 14.0. The molecule has 0 bridgehead atoms. The van der Waals surface area contributed by atoms with Crippen LogP contribution in [0.4, 0.5) is 5.69 Å². The average Bonchev–Trinajstić information content (AvgIpc) is 3.10. The normalized spacial score (nSPS) is 23.1. The van der Waals surface area contributed by atoms with E-state index >= 15 is 0 Å². The van der Waals surface area contributed by atoms with Crippen molar-refractivity contribution in [2.75, 3.05) is 6.54 Å². The van der Waals surface area contributed by atoms with E-state index < -0.39 is 0 Å². The van der Waals surface area contributed by atoms with E-state index in [0.29, 0.717) is 0 Å². The van der Waals surface area contributed by atoms with E-state index in [4.69, 9.17) is 0 Å². The summed E-state index contributed by atoms with van der Waals surface area (Å²) in [6, 6.07) is 7.24. The van der Waals surface area contributed by atoms with E-state index in [0.717, 1.165) is 36.8 Å². The molecule has 1 aromatic carbocycles. The molecule has 0 amide bonds. The van der Waals surface area contributed by atoms with Crippen LogP contribution in [0.25, 0.3) is 0 Å². The number of hydrogen-bond donors (Lipinski definition) is 1. The van der Waals surface area contributed by atoms with Gasteiger partial charge in [-0.2, -0.15) is 0 Å². The molecule has 3 unspecified atom stereocenters. The third kappa shape index (κ3) is 3.77. The Morgan fingerprint density at radius 1 is 1.53 bits per heavy atom. The Bertz CT molecular complexity index is 448. The van der Waals surface area contributed by atoms with Crippen LogP contribution in [0, 0.1) is 22.0 Å². The molecule has 1 aliphatic rings. The van der Waals surface area contributed by atoms with E-state index in [-0.39, 0.29) is 16.7 Å². The number of hydrogen-bond acceptors (Lipinski definition) is 3. The van der Waals surface area contributed by atoms with Gasteiger partial charge in [0.15, 0.2) is 0 Å². The maximum absolute atomic E-state index is 10.8. The van der Waals surface area contributed by atoms with Gasteiger partial charge in [0.05, 0.1) is 4.92 Å². The SMILES string of the molecule is CCCC(NCC1CC1C)c1cccc([N+](=O)[O-])c1. The van der Waals surface area contributed by atoms with Gasteiger partial charge in [-0.25, -0.2) is 0 Å². The summed E-state index contributed by atoms with van der Waals surface area (Å²) in [6.45, 7) is 5.44. The van der Waals surface area contributed by atoms with Gasteiger partial charge in [0, 0.05) is 18.2 Å². The molecule has 0 spiro atoms. The topological polar surface area (TPSA) is 55.2 Å². The first-order chi connectivity index (χ1) is 9.11. The van der Waals surface area contributed by atoms with E-state index in [2.05, 4.69) is 19.2 Å². The Kier molecular flexibility index (Phi) is 4.53. The maximum atomic E-state index is 10.8. The summed E-state index contributed by atoms with van der Waals surface area (Å²) < 4.78 is 0. The lowest BCUT2D eigenvalue weighted by Crippen LogP contribution is -2.24. The van der Waals surface area contributed by atoms with Crippen molar-refractivity contribution in [3.8, 4) is 0 Å². The molecule has 0 radical (unpaired) electrons. The van der Waals surface area contributed by atoms with Crippen molar-refractivity contribution < 1.29 is 4.92 Å². The largest absolute Gasteiger partial charge is 0.310 e. The molecule has 19 heavy (non-hydrogen) atoms. The summed E-state index contributed by atoms with van der Waals surface area (Å²) in [4.78, 5) is 10.5. The molecule has 1 aromatic rings. The minimum absolute atomic E-state index is 0.181. The Morgan fingerprint density at radius 2 is 2.26 bits per heavy atom. The van der Waals surface area contributed by atoms with Crippen LogP contribution in [0.3, 0.4) is 0 Å². The number of nitro groups is 1. The second-order valence-corrected chi connectivity index (χ2v) is 5.57. The van der Waals surface area contributed by atoms with Gasteiger partial charge in [-0.15, -0.1) is 0 Å². The van der Waals surface area contributed by atoms with E-state index in [1.165, 1.54) is 6.42 Å². The number of benzene rings is 1. The fourth-order valence-corrected chi connectivity index (χ4v) is 2.51. The molecule has 0 aromatic heterocycles. The predicted octanol–water partition coefficient (Wildman–Crippen LogP) is 3.68. The zero-order chi connectivity index (χ0) is 13.8. The highest BCUT2D eigenvalue weighted by atomic mass is 16.6. The lowest BCUT2D eigenvalue weighted by molar-refractivity contribution is -0.384. The predicted molar refractivity (Wildman–Crippen MR) is 76.0 cm³/mol. The van der Waals surface area contributed by atoms with Crippen LogP contribution in [0.5, 0.6) is 0 Å². The van der Waals surface area contributed by atoms with Gasteiger partial charge < -0.3 is 5.32 Å². The molecule has 4 heteroatoms. The summed E-state index contributed by atoms with van der Waals surface area (Å²) in [5.74, 6) is 1.62. The van der Waals surface area contributed by atoms with Crippen molar-refractivity contribution >= 4 is 5.69 Å². The molecule has 2 rings (SSSR count). The van der Waals surface area contributed by atoms with Crippen LogP contribution in [-0.4, -0.2) is 11.5 Å². The van der Waals surface area contributed by atoms with Gasteiger partial charge in [-0.3, -0.25) is 10.1 Å². The van der Waals surface area contributed by atoms with Gasteiger partial charge in [-0.1, -0.05) is 32.4 Å². The molecule has 0 aliphatic heterocycles. The van der Waals surface area contributed by atoms with Gasteiger partial charge in [0.25, 0.3) is 5.69 Å². The Labute approximate surface area is 114 Å². The van der Waals surface area contributed by atoms with E-state index in [9.17, 15) is 10.1 Å². The average molecular weight is 262 g/mol. The van der Waals surface area contributed by atoms with Crippen molar-refractivity contribution in [2.45, 2.75) is 39.2 Å². The van der Waals surface area contributed by atoms with Crippen LogP contribution in [-0.2, 0) is 0 Å². The van der Waals surface area contributed by atoms with E-state index in [1.807, 2.05) is 6.07 Å². The molecular weight excluding hydrogens is 240 g/mol. The number of non-ortho nitro benzene ring substituents is 1. The smallest absolute Gasteiger partial charge is 0.269 e. The van der Waals surface area contributed by atoms with E-state index in [1.54, 1.807) is 18.2 Å². The minimum Gasteiger partial charge on any atom is -0.310 e. The lowest BCUT2D eigenvalue weighted by Gasteiger charge is -2.18. The second-order valence-electron chi connectivity index (χ2n) is 5.57. The number of nitrogens with one attached hydrogen (secondary N) is 1. The number of rotatable bonds is 7. The van der Waals surface area contributed by atoms with Crippen LogP contribution < -0.4 is 5.32 Å². The quantitative estimate of drug-likeness (QED) is 0.602. The van der Waals surface area contributed by atoms with Crippen LogP contribution in [0.1, 0.15) is 44.7 Å². The zero-order valence-corrected chi connectivity index (χ0v) is 11.6. The maximum Gasteiger partial charge on any atom is 0.269 e. The lowest BCUT2D eigenvalue weighted by atomic mass is 10.0. The molecule has 1 N–H and O–H groups in total. The molecule has 3 atom stereocenters. The highest BCUT2D eigenvalue weighted by Crippen LogP contribution is 2.37. The Balaban J connectivity index is 2.04. The zero-order valence-electron chi connectivity index (χ0n) is 11.6. The molecule has 104 valence electrons. The summed E-state index contributed by atoms with van der Waals surface area (Å²) in [5.41, 5.74) is 1.21. The van der Waals surface area contributed by atoms with Crippen molar-refractivity contribution in [2.24, 2.45) is 11.8 Å². The van der Waals surface area contributed by atoms with Crippen LogP contribution >= 0.6 is 0 Å². The van der Waals surface area contributed by atoms with Crippen molar-refractivity contribution in [3.05, 3.63) is 39.9 Å². The Morgan fingerprint density at radius 3 is 2.84 bits per heavy atom. The fourth-order valence-electron chi connectivity index (χ4n) is 2.51.